The summed E-state index contributed by atoms with van der Waals surface area (Å²) in [6.07, 6.45) is 2.32. The highest BCUT2D eigenvalue weighted by molar-refractivity contribution is 5.71. The first-order valence-electron chi connectivity index (χ1n) is 7.70. The molecule has 126 valence electrons. The number of nitrogens with zero attached hydrogens (tertiary/aromatic N) is 3. The first kappa shape index (κ1) is 16.0. The molecular formula is C16H18N4O4. The fraction of sp³-hybridized carbons (Fsp3) is 0.375. The quantitative estimate of drug-likeness (QED) is 0.835. The van der Waals surface area contributed by atoms with Crippen molar-refractivity contribution >= 4 is 12.1 Å². The molecule has 1 amide bonds. The van der Waals surface area contributed by atoms with Crippen LogP contribution in [0, 0.1) is 5.92 Å². The summed E-state index contributed by atoms with van der Waals surface area (Å²) in [6.45, 7) is 0.417. The molecule has 2 aromatic rings. The van der Waals surface area contributed by atoms with Crippen molar-refractivity contribution in [2.24, 2.45) is 5.92 Å². The van der Waals surface area contributed by atoms with E-state index in [0.29, 0.717) is 18.5 Å². The van der Waals surface area contributed by atoms with Gasteiger partial charge in [-0.2, -0.15) is 0 Å². The number of carbonyl (C=O) groups excluding carboxylic acids is 1. The Morgan fingerprint density at radius 2 is 2.04 bits per heavy atom. The lowest BCUT2D eigenvalue weighted by atomic mass is 9.80. The van der Waals surface area contributed by atoms with Crippen LogP contribution >= 0.6 is 0 Å². The molecule has 0 spiro atoms. The lowest BCUT2D eigenvalue weighted by molar-refractivity contribution is -0.146. The van der Waals surface area contributed by atoms with Gasteiger partial charge in [-0.05, 0) is 18.4 Å². The van der Waals surface area contributed by atoms with Gasteiger partial charge in [0, 0.05) is 0 Å². The van der Waals surface area contributed by atoms with Crippen LogP contribution in [-0.2, 0) is 22.7 Å². The maximum atomic E-state index is 11.7. The number of amides is 1. The average Bonchev–Trinajstić information content (AvgIpc) is 2.98. The minimum Gasteiger partial charge on any atom is -0.481 e. The Morgan fingerprint density at radius 3 is 2.75 bits per heavy atom. The van der Waals surface area contributed by atoms with Crippen LogP contribution in [0.3, 0.4) is 0 Å². The summed E-state index contributed by atoms with van der Waals surface area (Å²) in [7, 11) is 0. The second-order valence-corrected chi connectivity index (χ2v) is 5.77. The number of benzene rings is 1. The number of alkyl carbamates (subject to hydrolysis) is 1. The van der Waals surface area contributed by atoms with E-state index in [-0.39, 0.29) is 25.1 Å². The Hall–Kier alpha value is -2.90. The van der Waals surface area contributed by atoms with Crippen LogP contribution in [-0.4, -0.2) is 32.2 Å². The molecule has 1 aromatic carbocycles. The first-order chi connectivity index (χ1) is 11.6. The van der Waals surface area contributed by atoms with Gasteiger partial charge in [-0.25, -0.2) is 9.48 Å². The zero-order valence-electron chi connectivity index (χ0n) is 13.0. The molecular weight excluding hydrogens is 312 g/mol. The molecule has 1 aromatic heterocycles. The molecule has 1 heterocycles. The highest BCUT2D eigenvalue weighted by Crippen LogP contribution is 2.37. The largest absolute Gasteiger partial charge is 0.481 e. The summed E-state index contributed by atoms with van der Waals surface area (Å²) in [6, 6.07) is 9.48. The SMILES string of the molecule is O=C(NCc1cn(C2CC(C(=O)O)C2)nn1)OCc1ccccc1. The van der Waals surface area contributed by atoms with E-state index in [9.17, 15) is 9.59 Å². The van der Waals surface area contributed by atoms with E-state index in [4.69, 9.17) is 9.84 Å². The van der Waals surface area contributed by atoms with Crippen molar-refractivity contribution in [3.05, 3.63) is 47.8 Å². The van der Waals surface area contributed by atoms with Crippen molar-refractivity contribution in [2.75, 3.05) is 0 Å². The van der Waals surface area contributed by atoms with Crippen molar-refractivity contribution in [3.63, 3.8) is 0 Å². The first-order valence-corrected chi connectivity index (χ1v) is 7.70. The van der Waals surface area contributed by atoms with Crippen molar-refractivity contribution in [1.82, 2.24) is 20.3 Å². The topological polar surface area (TPSA) is 106 Å². The Labute approximate surface area is 138 Å². The molecule has 3 rings (SSSR count). The third-order valence-corrected chi connectivity index (χ3v) is 4.02. The Morgan fingerprint density at radius 1 is 1.29 bits per heavy atom. The van der Waals surface area contributed by atoms with Crippen molar-refractivity contribution in [2.45, 2.75) is 32.0 Å². The van der Waals surface area contributed by atoms with Gasteiger partial charge in [0.05, 0.1) is 24.7 Å². The fourth-order valence-electron chi connectivity index (χ4n) is 2.52. The molecule has 0 saturated heterocycles. The van der Waals surface area contributed by atoms with Crippen LogP contribution in [0.15, 0.2) is 36.5 Å². The normalized spacial score (nSPS) is 19.3. The smallest absolute Gasteiger partial charge is 0.407 e. The van der Waals surface area contributed by atoms with E-state index >= 15 is 0 Å². The number of hydrogen-bond acceptors (Lipinski definition) is 5. The zero-order valence-corrected chi connectivity index (χ0v) is 13.0. The van der Waals surface area contributed by atoms with Crippen molar-refractivity contribution in [1.29, 1.82) is 0 Å². The van der Waals surface area contributed by atoms with Gasteiger partial charge in [0.25, 0.3) is 0 Å². The van der Waals surface area contributed by atoms with Crippen molar-refractivity contribution in [3.8, 4) is 0 Å². The van der Waals surface area contributed by atoms with Crippen LogP contribution in [0.2, 0.25) is 0 Å². The van der Waals surface area contributed by atoms with E-state index < -0.39 is 12.1 Å². The van der Waals surface area contributed by atoms with Crippen LogP contribution < -0.4 is 5.32 Å². The van der Waals surface area contributed by atoms with Gasteiger partial charge in [-0.15, -0.1) is 5.10 Å². The number of aliphatic carboxylic acids is 1. The molecule has 1 aliphatic carbocycles. The van der Waals surface area contributed by atoms with Gasteiger partial charge in [0.15, 0.2) is 0 Å². The number of carboxylic acids is 1. The van der Waals surface area contributed by atoms with Gasteiger partial charge in [-0.1, -0.05) is 35.5 Å². The van der Waals surface area contributed by atoms with Crippen molar-refractivity contribution < 1.29 is 19.4 Å². The van der Waals surface area contributed by atoms with Gasteiger partial charge >= 0.3 is 12.1 Å². The minimum atomic E-state index is -0.769. The van der Waals surface area contributed by atoms with E-state index in [1.54, 1.807) is 10.9 Å². The van der Waals surface area contributed by atoms with E-state index in [0.717, 1.165) is 5.56 Å². The predicted molar refractivity (Wildman–Crippen MR) is 82.9 cm³/mol. The maximum Gasteiger partial charge on any atom is 0.407 e. The number of ether oxygens (including phenoxy) is 1. The molecule has 0 atom stereocenters. The summed E-state index contributed by atoms with van der Waals surface area (Å²) in [4.78, 5) is 22.5. The van der Waals surface area contributed by atoms with Crippen LogP contribution in [0.25, 0.3) is 0 Å². The summed E-state index contributed by atoms with van der Waals surface area (Å²) in [5.74, 6) is -1.07. The maximum absolute atomic E-state index is 11.7. The summed E-state index contributed by atoms with van der Waals surface area (Å²) in [5, 5.41) is 19.4. The lowest BCUT2D eigenvalue weighted by Gasteiger charge is -2.31. The Kier molecular flexibility index (Phi) is 4.74. The molecule has 1 saturated carbocycles. The standard InChI is InChI=1S/C16H18N4O4/c21-15(22)12-6-14(7-12)20-9-13(18-19-20)8-17-16(23)24-10-11-4-2-1-3-5-11/h1-5,9,12,14H,6-8,10H2,(H,17,23)(H,21,22). The minimum absolute atomic E-state index is 0.0670. The Bertz CT molecular complexity index is 710. The number of aromatic nitrogens is 3. The summed E-state index contributed by atoms with van der Waals surface area (Å²) >= 11 is 0. The van der Waals surface area contributed by atoms with Crippen LogP contribution in [0.5, 0.6) is 0 Å². The average molecular weight is 330 g/mol. The number of nitrogens with one attached hydrogen (secondary N) is 1. The van der Waals surface area contributed by atoms with Gasteiger partial charge in [-0.3, -0.25) is 4.79 Å². The molecule has 0 aliphatic heterocycles. The van der Waals surface area contributed by atoms with E-state index in [1.165, 1.54) is 0 Å². The number of carboxylic acid groups (broad SMARTS) is 1. The number of rotatable bonds is 6. The number of carbonyl (C=O) groups is 2. The molecule has 0 unspecified atom stereocenters. The molecule has 0 bridgehead atoms. The number of hydrogen-bond donors (Lipinski definition) is 2. The molecule has 24 heavy (non-hydrogen) atoms. The molecule has 2 N–H and O–H groups in total. The van der Waals surface area contributed by atoms with Gasteiger partial charge in [0.1, 0.15) is 12.3 Å². The monoisotopic (exact) mass is 330 g/mol. The van der Waals surface area contributed by atoms with Crippen LogP contribution in [0.1, 0.15) is 30.1 Å². The molecule has 1 aliphatic rings. The Balaban J connectivity index is 1.41. The van der Waals surface area contributed by atoms with E-state index in [1.807, 2.05) is 30.3 Å². The summed E-state index contributed by atoms with van der Waals surface area (Å²) < 4.78 is 6.77. The molecule has 1 fully saturated rings. The summed E-state index contributed by atoms with van der Waals surface area (Å²) in [5.41, 5.74) is 1.52. The highest BCUT2D eigenvalue weighted by atomic mass is 16.5. The van der Waals surface area contributed by atoms with Gasteiger partial charge < -0.3 is 15.2 Å². The zero-order chi connectivity index (χ0) is 16.9. The fourth-order valence-corrected chi connectivity index (χ4v) is 2.52. The van der Waals surface area contributed by atoms with Gasteiger partial charge in [0.2, 0.25) is 0 Å². The third kappa shape index (κ3) is 3.89. The third-order valence-electron chi connectivity index (χ3n) is 4.02. The molecule has 8 nitrogen and oxygen atoms in total. The molecule has 8 heteroatoms. The second kappa shape index (κ2) is 7.12. The second-order valence-electron chi connectivity index (χ2n) is 5.77. The lowest BCUT2D eigenvalue weighted by Crippen LogP contribution is -2.32. The predicted octanol–water partition coefficient (Wildman–Crippen LogP) is 1.74. The highest BCUT2D eigenvalue weighted by Gasteiger charge is 2.36. The molecule has 0 radical (unpaired) electrons. The van der Waals surface area contributed by atoms with E-state index in [2.05, 4.69) is 15.6 Å². The van der Waals surface area contributed by atoms with Crippen LogP contribution in [0.4, 0.5) is 4.79 Å².